The van der Waals surface area contributed by atoms with Crippen molar-refractivity contribution in [2.75, 3.05) is 0 Å². The van der Waals surface area contributed by atoms with Crippen LogP contribution in [0.2, 0.25) is 0 Å². The summed E-state index contributed by atoms with van der Waals surface area (Å²) in [6.45, 7) is 0. The number of aromatic nitrogens is 2. The van der Waals surface area contributed by atoms with Gasteiger partial charge < -0.3 is 15.2 Å². The van der Waals surface area contributed by atoms with E-state index in [9.17, 15) is 10.2 Å². The Balaban J connectivity index is 1.68. The molecular weight excluding hydrogens is 474 g/mol. The molecule has 27 heavy (non-hydrogen) atoms. The van der Waals surface area contributed by atoms with Crippen LogP contribution in [0.15, 0.2) is 68.5 Å². The molecule has 3 N–H and O–H groups in total. The summed E-state index contributed by atoms with van der Waals surface area (Å²) in [7, 11) is 0. The summed E-state index contributed by atoms with van der Waals surface area (Å²) >= 11 is 6.41. The zero-order chi connectivity index (χ0) is 19.0. The van der Waals surface area contributed by atoms with Crippen LogP contribution in [0, 0.1) is 0 Å². The number of nitrogens with zero attached hydrogens (tertiary/aromatic N) is 2. The van der Waals surface area contributed by atoms with E-state index in [4.69, 9.17) is 0 Å². The van der Waals surface area contributed by atoms with Crippen LogP contribution >= 0.6 is 31.9 Å². The molecule has 0 saturated carbocycles. The van der Waals surface area contributed by atoms with E-state index in [0.717, 1.165) is 22.4 Å². The Kier molecular flexibility index (Phi) is 4.72. The van der Waals surface area contributed by atoms with Crippen molar-refractivity contribution in [2.45, 2.75) is 0 Å². The average molecular weight is 487 g/mol. The molecule has 4 rings (SSSR count). The van der Waals surface area contributed by atoms with E-state index >= 15 is 0 Å². The van der Waals surface area contributed by atoms with Crippen molar-refractivity contribution in [1.29, 1.82) is 0 Å². The van der Waals surface area contributed by atoms with E-state index in [1.165, 1.54) is 6.21 Å². The van der Waals surface area contributed by atoms with Gasteiger partial charge in [0.15, 0.2) is 0 Å². The predicted octanol–water partition coefficient (Wildman–Crippen LogP) is 5.92. The summed E-state index contributed by atoms with van der Waals surface area (Å²) in [4.78, 5) is 12.3. The smallest absolute Gasteiger partial charge is 0.147 e. The minimum atomic E-state index is -0.0772. The van der Waals surface area contributed by atoms with Crippen LogP contribution in [0.3, 0.4) is 0 Å². The number of benzene rings is 3. The lowest BCUT2D eigenvalue weighted by Gasteiger charge is -2.06. The molecule has 5 nitrogen and oxygen atoms in total. The normalized spacial score (nSPS) is 11.5. The maximum Gasteiger partial charge on any atom is 0.147 e. The molecule has 7 heteroatoms. The molecule has 0 fully saturated rings. The molecule has 1 heterocycles. The fourth-order valence-electron chi connectivity index (χ4n) is 2.67. The molecule has 4 aromatic rings. The zero-order valence-corrected chi connectivity index (χ0v) is 17.0. The fraction of sp³-hybridized carbons (Fsp3) is 0. The number of phenolic OH excluding ortho intramolecular Hbond substituents is 2. The second-order valence-corrected chi connectivity index (χ2v) is 7.52. The van der Waals surface area contributed by atoms with E-state index in [-0.39, 0.29) is 16.0 Å². The molecule has 1 aromatic heterocycles. The van der Waals surface area contributed by atoms with Gasteiger partial charge in [-0.05, 0) is 56.1 Å². The van der Waals surface area contributed by atoms with Crippen LogP contribution in [0.1, 0.15) is 5.56 Å². The van der Waals surface area contributed by atoms with Crippen LogP contribution in [-0.4, -0.2) is 26.4 Å². The van der Waals surface area contributed by atoms with Crippen molar-refractivity contribution in [3.63, 3.8) is 0 Å². The summed E-state index contributed by atoms with van der Waals surface area (Å²) in [5.41, 5.74) is 3.92. The number of imidazole rings is 1. The van der Waals surface area contributed by atoms with Gasteiger partial charge in [-0.3, -0.25) is 4.99 Å². The highest BCUT2D eigenvalue weighted by Gasteiger charge is 2.13. The Morgan fingerprint density at radius 1 is 0.963 bits per heavy atom. The molecule has 0 bridgehead atoms. The average Bonchev–Trinajstić information content (AvgIpc) is 3.12. The first-order valence-corrected chi connectivity index (χ1v) is 9.60. The number of hydrogen-bond donors (Lipinski definition) is 3. The number of fused-ring (bicyclic) bond motifs is 1. The first kappa shape index (κ1) is 17.8. The third-order valence-corrected chi connectivity index (χ3v) is 5.42. The highest BCUT2D eigenvalue weighted by Crippen LogP contribution is 2.40. The number of hydrogen-bond acceptors (Lipinski definition) is 4. The number of aliphatic imine (C=N–C) groups is 1. The van der Waals surface area contributed by atoms with Gasteiger partial charge in [-0.2, -0.15) is 0 Å². The molecule has 0 amide bonds. The molecule has 0 atom stereocenters. The summed E-state index contributed by atoms with van der Waals surface area (Å²) in [5, 5.41) is 19.9. The minimum Gasteiger partial charge on any atom is -0.506 e. The lowest BCUT2D eigenvalue weighted by molar-refractivity contribution is 0.442. The largest absolute Gasteiger partial charge is 0.506 e. The van der Waals surface area contributed by atoms with Gasteiger partial charge in [0, 0.05) is 17.3 Å². The van der Waals surface area contributed by atoms with E-state index in [0.29, 0.717) is 15.7 Å². The first-order chi connectivity index (χ1) is 13.0. The third-order valence-electron chi connectivity index (χ3n) is 4.06. The van der Waals surface area contributed by atoms with Gasteiger partial charge in [0.1, 0.15) is 21.8 Å². The Hall–Kier alpha value is -2.64. The number of rotatable bonds is 3. The molecule has 3 aromatic carbocycles. The van der Waals surface area contributed by atoms with E-state index in [1.54, 1.807) is 6.07 Å². The van der Waals surface area contributed by atoms with Crippen LogP contribution in [0.5, 0.6) is 11.5 Å². The Morgan fingerprint density at radius 2 is 1.74 bits per heavy atom. The van der Waals surface area contributed by atoms with Gasteiger partial charge in [-0.15, -0.1) is 0 Å². The van der Waals surface area contributed by atoms with Gasteiger partial charge in [-0.1, -0.05) is 30.3 Å². The van der Waals surface area contributed by atoms with Crippen molar-refractivity contribution in [3.8, 4) is 22.9 Å². The predicted molar refractivity (Wildman–Crippen MR) is 114 cm³/mol. The van der Waals surface area contributed by atoms with Gasteiger partial charge >= 0.3 is 0 Å². The standard InChI is InChI=1S/C20H13Br2N3O2/c21-14-8-12(18(26)17(22)19(14)27)10-23-13-6-7-15-16(9-13)25-20(24-15)11-4-2-1-3-5-11/h1-10,26-27H,(H,24,25)/b23-10+. The van der Waals surface area contributed by atoms with Crippen LogP contribution in [-0.2, 0) is 0 Å². The van der Waals surface area contributed by atoms with Crippen LogP contribution in [0.4, 0.5) is 5.69 Å². The fourth-order valence-corrected chi connectivity index (χ4v) is 3.82. The molecule has 0 radical (unpaired) electrons. The number of H-pyrrole nitrogens is 1. The quantitative estimate of drug-likeness (QED) is 0.314. The number of halogens is 2. The van der Waals surface area contributed by atoms with Crippen molar-refractivity contribution in [2.24, 2.45) is 4.99 Å². The monoisotopic (exact) mass is 485 g/mol. The molecule has 0 aliphatic carbocycles. The maximum atomic E-state index is 10.1. The van der Waals surface area contributed by atoms with Gasteiger partial charge in [0.2, 0.25) is 0 Å². The summed E-state index contributed by atoms with van der Waals surface area (Å²) < 4.78 is 0.678. The van der Waals surface area contributed by atoms with E-state index in [1.807, 2.05) is 48.5 Å². The molecule has 0 spiro atoms. The lowest BCUT2D eigenvalue weighted by atomic mass is 10.2. The second kappa shape index (κ2) is 7.17. The Bertz CT molecular complexity index is 1170. The van der Waals surface area contributed by atoms with Gasteiger partial charge in [0.25, 0.3) is 0 Å². The second-order valence-electron chi connectivity index (χ2n) is 5.87. The minimum absolute atomic E-state index is 0.0592. The zero-order valence-electron chi connectivity index (χ0n) is 13.8. The van der Waals surface area contributed by atoms with Crippen molar-refractivity contribution in [3.05, 3.63) is 69.1 Å². The summed E-state index contributed by atoms with van der Waals surface area (Å²) in [6.07, 6.45) is 1.54. The van der Waals surface area contributed by atoms with Crippen LogP contribution < -0.4 is 0 Å². The summed E-state index contributed by atoms with van der Waals surface area (Å²) in [6, 6.07) is 17.2. The molecule has 0 aliphatic heterocycles. The summed E-state index contributed by atoms with van der Waals surface area (Å²) in [5.74, 6) is 0.665. The molecule has 0 unspecified atom stereocenters. The van der Waals surface area contributed by atoms with E-state index in [2.05, 4.69) is 46.8 Å². The third kappa shape index (κ3) is 3.48. The van der Waals surface area contributed by atoms with Crippen molar-refractivity contribution in [1.82, 2.24) is 9.97 Å². The highest BCUT2D eigenvalue weighted by atomic mass is 79.9. The van der Waals surface area contributed by atoms with Gasteiger partial charge in [0.05, 0.1) is 21.2 Å². The highest BCUT2D eigenvalue weighted by molar-refractivity contribution is 9.11. The Morgan fingerprint density at radius 3 is 2.52 bits per heavy atom. The first-order valence-electron chi connectivity index (χ1n) is 8.02. The van der Waals surface area contributed by atoms with E-state index < -0.39 is 0 Å². The Labute approximate surface area is 171 Å². The lowest BCUT2D eigenvalue weighted by Crippen LogP contribution is -1.85. The van der Waals surface area contributed by atoms with Crippen molar-refractivity contribution >= 4 is 54.8 Å². The maximum absolute atomic E-state index is 10.1. The molecule has 0 saturated heterocycles. The molecule has 134 valence electrons. The SMILES string of the molecule is Oc1c(Br)cc(/C=N/c2ccc3[nH]c(-c4ccccc4)nc3c2)c(O)c1Br. The molecular formula is C20H13Br2N3O2. The van der Waals surface area contributed by atoms with Gasteiger partial charge in [-0.25, -0.2) is 4.98 Å². The van der Waals surface area contributed by atoms with Crippen molar-refractivity contribution < 1.29 is 10.2 Å². The number of nitrogens with one attached hydrogen (secondary N) is 1. The number of aromatic hydroxyl groups is 2. The molecule has 0 aliphatic rings. The van der Waals surface area contributed by atoms with Crippen LogP contribution in [0.25, 0.3) is 22.4 Å². The number of aromatic amines is 1. The number of phenols is 2. The topological polar surface area (TPSA) is 81.5 Å².